The Balaban J connectivity index is 0.000000158. The summed E-state index contributed by atoms with van der Waals surface area (Å²) in [5.41, 5.74) is 11.1. The van der Waals surface area contributed by atoms with E-state index in [1.54, 1.807) is 4.31 Å². The fourth-order valence-corrected chi connectivity index (χ4v) is 10.3. The molecule has 2 aliphatic heterocycles. The van der Waals surface area contributed by atoms with E-state index in [0.29, 0.717) is 13.1 Å². The van der Waals surface area contributed by atoms with Crippen molar-refractivity contribution in [2.45, 2.75) is 36.5 Å². The van der Waals surface area contributed by atoms with Gasteiger partial charge in [-0.05, 0) is 132 Å². The minimum Gasteiger partial charge on any atom is -0.317 e. The van der Waals surface area contributed by atoms with E-state index in [0.717, 1.165) is 34.9 Å². The van der Waals surface area contributed by atoms with E-state index in [1.807, 2.05) is 0 Å². The molecule has 0 bridgehead atoms. The van der Waals surface area contributed by atoms with Crippen LogP contribution in [-0.4, -0.2) is 45.2 Å². The molecule has 0 radical (unpaired) electrons. The number of rotatable bonds is 1. The first kappa shape index (κ1) is 34.3. The maximum absolute atomic E-state index is 11.9. The molecule has 0 aromatic heterocycles. The van der Waals surface area contributed by atoms with Gasteiger partial charge in [0.25, 0.3) is 0 Å². The van der Waals surface area contributed by atoms with Crippen LogP contribution < -0.4 is 5.32 Å². The second-order valence-electron chi connectivity index (χ2n) is 12.3. The number of hydrogen-bond donors (Lipinski definition) is 1. The Morgan fingerprint density at radius 3 is 1.20 bits per heavy atom. The molecule has 8 rings (SSSR count). The minimum atomic E-state index is -3.13. The molecule has 4 aliphatic rings. The summed E-state index contributed by atoms with van der Waals surface area (Å²) in [6.45, 7) is 3.32. The number of piperidine rings is 2. The van der Waals surface area contributed by atoms with Crippen LogP contribution in [0.15, 0.2) is 90.7 Å². The number of hydrogen-bond acceptors (Lipinski definition) is 3. The van der Waals surface area contributed by atoms with Crippen molar-refractivity contribution in [2.75, 3.05) is 32.4 Å². The van der Waals surface area contributed by atoms with Crippen molar-refractivity contribution in [1.82, 2.24) is 9.62 Å². The molecule has 10 heteroatoms. The predicted molar refractivity (Wildman–Crippen MR) is 209 cm³/mol. The fraction of sp³-hybridized carbons (Fsp3) is 0.314. The van der Waals surface area contributed by atoms with Crippen LogP contribution >= 0.6 is 87.7 Å². The van der Waals surface area contributed by atoms with Crippen LogP contribution in [0.1, 0.15) is 47.9 Å². The van der Waals surface area contributed by atoms with Crippen LogP contribution in [-0.2, 0) is 20.9 Å². The largest absolute Gasteiger partial charge is 0.317 e. The highest BCUT2D eigenvalue weighted by atomic mass is 127. The zero-order chi connectivity index (χ0) is 30.9. The summed E-state index contributed by atoms with van der Waals surface area (Å²) in [6, 6.07) is 26.4. The van der Waals surface area contributed by atoms with Crippen molar-refractivity contribution in [3.05, 3.63) is 113 Å². The molecular weight excluding hydrogens is 959 g/mol. The first-order valence-corrected chi connectivity index (χ1v) is 19.9. The van der Waals surface area contributed by atoms with Gasteiger partial charge < -0.3 is 5.32 Å². The molecule has 236 valence electrons. The van der Waals surface area contributed by atoms with Crippen molar-refractivity contribution >= 4 is 97.7 Å². The van der Waals surface area contributed by atoms with Crippen molar-refractivity contribution in [3.63, 3.8) is 0 Å². The average Bonchev–Trinajstić information content (AvgIpc) is 3.39. The highest BCUT2D eigenvalue weighted by Gasteiger charge is 2.47. The minimum absolute atomic E-state index is 0. The Labute approximate surface area is 316 Å². The molecule has 45 heavy (non-hydrogen) atoms. The van der Waals surface area contributed by atoms with E-state index in [-0.39, 0.29) is 34.8 Å². The Hall–Kier alpha value is -0.600. The molecular formula is C35H33Br4IN2O2S. The maximum Gasteiger partial charge on any atom is 0.211 e. The molecule has 0 unspecified atom stereocenters. The number of halogens is 5. The third kappa shape index (κ3) is 5.99. The molecule has 0 amide bonds. The summed E-state index contributed by atoms with van der Waals surface area (Å²) < 4.78 is 29.9. The monoisotopic (exact) mass is 988 g/mol. The lowest BCUT2D eigenvalue weighted by atomic mass is 9.71. The van der Waals surface area contributed by atoms with Crippen molar-refractivity contribution in [2.24, 2.45) is 0 Å². The summed E-state index contributed by atoms with van der Waals surface area (Å²) in [4.78, 5) is 0. The maximum atomic E-state index is 11.9. The molecule has 2 spiro atoms. The lowest BCUT2D eigenvalue weighted by Gasteiger charge is -2.40. The van der Waals surface area contributed by atoms with Crippen molar-refractivity contribution < 1.29 is 8.42 Å². The quantitative estimate of drug-likeness (QED) is 0.194. The van der Waals surface area contributed by atoms with E-state index >= 15 is 0 Å². The van der Waals surface area contributed by atoms with E-state index in [4.69, 9.17) is 0 Å². The predicted octanol–water partition coefficient (Wildman–Crippen LogP) is 10.0. The third-order valence-electron chi connectivity index (χ3n) is 10.1. The first-order chi connectivity index (χ1) is 21.0. The van der Waals surface area contributed by atoms with E-state index in [9.17, 15) is 8.42 Å². The number of benzene rings is 4. The smallest absolute Gasteiger partial charge is 0.211 e. The van der Waals surface area contributed by atoms with Gasteiger partial charge in [0, 0.05) is 41.8 Å². The highest BCUT2D eigenvalue weighted by Crippen LogP contribution is 2.56. The average molecular weight is 992 g/mol. The molecule has 4 aromatic carbocycles. The van der Waals surface area contributed by atoms with Gasteiger partial charge in [-0.1, -0.05) is 88.0 Å². The molecule has 4 aromatic rings. The Morgan fingerprint density at radius 2 is 0.889 bits per heavy atom. The van der Waals surface area contributed by atoms with Crippen LogP contribution in [0.5, 0.6) is 0 Å². The lowest BCUT2D eigenvalue weighted by Crippen LogP contribution is -2.44. The summed E-state index contributed by atoms with van der Waals surface area (Å²) in [6.07, 6.45) is 5.29. The molecule has 2 saturated heterocycles. The first-order valence-electron chi connectivity index (χ1n) is 14.9. The summed E-state index contributed by atoms with van der Waals surface area (Å²) in [7, 11) is -3.13. The lowest BCUT2D eigenvalue weighted by molar-refractivity contribution is 0.270. The van der Waals surface area contributed by atoms with Crippen LogP contribution in [0.25, 0.3) is 22.3 Å². The normalized spacial score (nSPS) is 18.7. The van der Waals surface area contributed by atoms with Crippen LogP contribution in [0.2, 0.25) is 0 Å². The molecule has 2 heterocycles. The second-order valence-corrected chi connectivity index (χ2v) is 18.0. The van der Waals surface area contributed by atoms with Crippen molar-refractivity contribution in [3.8, 4) is 22.3 Å². The topological polar surface area (TPSA) is 49.4 Å². The van der Waals surface area contributed by atoms with Gasteiger partial charge in [0.1, 0.15) is 0 Å². The van der Waals surface area contributed by atoms with E-state index in [1.165, 1.54) is 72.6 Å². The zero-order valence-electron chi connectivity index (χ0n) is 24.7. The molecule has 1 N–H and O–H groups in total. The summed E-state index contributed by atoms with van der Waals surface area (Å²) in [5.74, 6) is 0. The SMILES string of the molecule is Brc1ccc2c(c1)C1(CCNCC1)c1cc(Br)ccc1-2.CS(=O)(=O)N1CCC2(CC1)c1cc(Br)ccc1-c1ccc(Br)cc12.I. The Kier molecular flexibility index (Phi) is 9.92. The van der Waals surface area contributed by atoms with E-state index in [2.05, 4.69) is 142 Å². The van der Waals surface area contributed by atoms with Crippen LogP contribution in [0.3, 0.4) is 0 Å². The standard InChI is InChI=1S/C18H17Br2NO2S.C17H15Br2N.HI/c1-24(22,23)21-8-6-18(7-9-21)16-10-12(19)2-4-14(16)15-5-3-13(20)11-17(15)18;18-11-1-3-13-14-4-2-12(19)10-16(14)17(15(13)9-11)5-7-20-8-6-17;/h2-5,10-11H,6-9H2,1H3;1-4,9-10,20H,5-8H2;1H. The number of nitrogens with zero attached hydrogens (tertiary/aromatic N) is 1. The van der Waals surface area contributed by atoms with Crippen LogP contribution in [0, 0.1) is 0 Å². The number of fused-ring (bicyclic) bond motifs is 10. The molecule has 2 fully saturated rings. The van der Waals surface area contributed by atoms with Gasteiger partial charge in [0.2, 0.25) is 10.0 Å². The van der Waals surface area contributed by atoms with E-state index < -0.39 is 10.0 Å². The number of sulfonamides is 1. The van der Waals surface area contributed by atoms with Gasteiger partial charge in [-0.25, -0.2) is 12.7 Å². The van der Waals surface area contributed by atoms with Gasteiger partial charge in [-0.3, -0.25) is 0 Å². The van der Waals surface area contributed by atoms with Crippen molar-refractivity contribution in [1.29, 1.82) is 0 Å². The van der Waals surface area contributed by atoms with Gasteiger partial charge in [0.05, 0.1) is 6.26 Å². The zero-order valence-corrected chi connectivity index (χ0v) is 34.2. The third-order valence-corrected chi connectivity index (χ3v) is 13.3. The molecule has 0 saturated carbocycles. The second kappa shape index (κ2) is 13.0. The summed E-state index contributed by atoms with van der Waals surface area (Å²) >= 11 is 14.5. The van der Waals surface area contributed by atoms with Gasteiger partial charge in [0.15, 0.2) is 0 Å². The van der Waals surface area contributed by atoms with Gasteiger partial charge >= 0.3 is 0 Å². The molecule has 4 nitrogen and oxygen atoms in total. The Morgan fingerprint density at radius 1 is 0.578 bits per heavy atom. The fourth-order valence-electron chi connectivity index (χ4n) is 8.01. The summed E-state index contributed by atoms with van der Waals surface area (Å²) in [5, 5.41) is 3.50. The molecule has 0 atom stereocenters. The van der Waals surface area contributed by atoms with Gasteiger partial charge in [-0.2, -0.15) is 0 Å². The molecule has 2 aliphatic carbocycles. The Bertz CT molecular complexity index is 1800. The van der Waals surface area contributed by atoms with Crippen LogP contribution in [0.4, 0.5) is 0 Å². The van der Waals surface area contributed by atoms with Gasteiger partial charge in [-0.15, -0.1) is 24.0 Å². The number of nitrogens with one attached hydrogen (secondary N) is 1. The highest BCUT2D eigenvalue weighted by molar-refractivity contribution is 14.0.